The number of hydrogen-bond donors (Lipinski definition) is 2. The van der Waals surface area contributed by atoms with Gasteiger partial charge in [0.15, 0.2) is 0 Å². The molecule has 6 nitrogen and oxygen atoms in total. The third kappa shape index (κ3) is 3.07. The molecular formula is C14H21N5O. The number of carbonyl (C=O) groups excluding carboxylic acids is 1. The van der Waals surface area contributed by atoms with E-state index in [2.05, 4.69) is 20.2 Å². The van der Waals surface area contributed by atoms with Crippen molar-refractivity contribution in [2.75, 3.05) is 31.5 Å². The minimum atomic E-state index is -0.542. The van der Waals surface area contributed by atoms with Crippen LogP contribution in [-0.4, -0.2) is 47.0 Å². The molecule has 1 saturated heterocycles. The first-order valence-corrected chi connectivity index (χ1v) is 7.25. The molecule has 108 valence electrons. The standard InChI is InChI=1S/C14H21N5O/c15-13(20)11-7-16-8-12(18-11)17-9-14(3-4-14)10-19-5-1-2-6-19/h7-8H,1-6,9-10H2,(H2,15,20)(H,17,18). The number of aromatic nitrogens is 2. The molecule has 1 amide bonds. The van der Waals surface area contributed by atoms with Crippen LogP contribution in [0.2, 0.25) is 0 Å². The molecular weight excluding hydrogens is 254 g/mol. The van der Waals surface area contributed by atoms with Crippen LogP contribution in [0.1, 0.15) is 36.2 Å². The van der Waals surface area contributed by atoms with E-state index in [1.54, 1.807) is 6.20 Å². The number of nitrogens with two attached hydrogens (primary N) is 1. The Morgan fingerprint density at radius 3 is 2.75 bits per heavy atom. The summed E-state index contributed by atoms with van der Waals surface area (Å²) in [7, 11) is 0. The number of likely N-dealkylation sites (tertiary alicyclic amines) is 1. The Balaban J connectivity index is 1.56. The zero-order valence-electron chi connectivity index (χ0n) is 11.6. The van der Waals surface area contributed by atoms with Crippen molar-refractivity contribution in [1.29, 1.82) is 0 Å². The van der Waals surface area contributed by atoms with Gasteiger partial charge in [0, 0.05) is 18.5 Å². The highest BCUT2D eigenvalue weighted by Gasteiger charge is 2.43. The van der Waals surface area contributed by atoms with Gasteiger partial charge < -0.3 is 16.0 Å². The van der Waals surface area contributed by atoms with Crippen LogP contribution in [0.4, 0.5) is 5.82 Å². The molecule has 0 spiro atoms. The van der Waals surface area contributed by atoms with E-state index in [4.69, 9.17) is 5.73 Å². The van der Waals surface area contributed by atoms with Gasteiger partial charge in [-0.1, -0.05) is 0 Å². The van der Waals surface area contributed by atoms with Gasteiger partial charge >= 0.3 is 0 Å². The lowest BCUT2D eigenvalue weighted by Crippen LogP contribution is -2.32. The number of hydrogen-bond acceptors (Lipinski definition) is 5. The Hall–Kier alpha value is -1.69. The Bertz CT molecular complexity index is 494. The SMILES string of the molecule is NC(=O)c1cncc(NCC2(CN3CCCC3)CC2)n1. The van der Waals surface area contributed by atoms with Crippen LogP contribution in [0, 0.1) is 5.41 Å². The number of anilines is 1. The Morgan fingerprint density at radius 1 is 1.35 bits per heavy atom. The van der Waals surface area contributed by atoms with E-state index in [1.807, 2.05) is 0 Å². The van der Waals surface area contributed by atoms with E-state index in [0.29, 0.717) is 11.2 Å². The minimum Gasteiger partial charge on any atom is -0.368 e. The predicted octanol–water partition coefficient (Wildman–Crippen LogP) is 0.863. The van der Waals surface area contributed by atoms with Crippen molar-refractivity contribution in [3.8, 4) is 0 Å². The number of primary amides is 1. The fourth-order valence-corrected chi connectivity index (χ4v) is 2.83. The Labute approximate surface area is 118 Å². The second kappa shape index (κ2) is 5.36. The largest absolute Gasteiger partial charge is 0.368 e. The number of nitrogens with zero attached hydrogens (tertiary/aromatic N) is 3. The van der Waals surface area contributed by atoms with Gasteiger partial charge in [0.25, 0.3) is 5.91 Å². The van der Waals surface area contributed by atoms with E-state index >= 15 is 0 Å². The molecule has 2 aliphatic rings. The molecule has 20 heavy (non-hydrogen) atoms. The third-order valence-corrected chi connectivity index (χ3v) is 4.25. The van der Waals surface area contributed by atoms with Crippen LogP contribution in [0.15, 0.2) is 12.4 Å². The second-order valence-electron chi connectivity index (χ2n) is 5.99. The number of nitrogens with one attached hydrogen (secondary N) is 1. The molecule has 3 rings (SSSR count). The minimum absolute atomic E-state index is 0.208. The number of rotatable bonds is 6. The molecule has 0 unspecified atom stereocenters. The smallest absolute Gasteiger partial charge is 0.268 e. The number of carbonyl (C=O) groups is 1. The summed E-state index contributed by atoms with van der Waals surface area (Å²) >= 11 is 0. The molecule has 1 aromatic heterocycles. The quantitative estimate of drug-likeness (QED) is 0.804. The molecule has 3 N–H and O–H groups in total. The topological polar surface area (TPSA) is 84.1 Å². The molecule has 0 atom stereocenters. The molecule has 6 heteroatoms. The van der Waals surface area contributed by atoms with Crippen LogP contribution in [0.5, 0.6) is 0 Å². The van der Waals surface area contributed by atoms with Crippen molar-refractivity contribution < 1.29 is 4.79 Å². The number of amides is 1. The van der Waals surface area contributed by atoms with Crippen molar-refractivity contribution in [1.82, 2.24) is 14.9 Å². The summed E-state index contributed by atoms with van der Waals surface area (Å²) in [6.45, 7) is 4.53. The van der Waals surface area contributed by atoms with E-state index in [9.17, 15) is 4.79 Å². The molecule has 1 aliphatic heterocycles. The fourth-order valence-electron chi connectivity index (χ4n) is 2.83. The first kappa shape index (κ1) is 13.3. The van der Waals surface area contributed by atoms with Gasteiger partial charge in [-0.15, -0.1) is 0 Å². The lowest BCUT2D eigenvalue weighted by atomic mass is 10.1. The highest BCUT2D eigenvalue weighted by Crippen LogP contribution is 2.46. The summed E-state index contributed by atoms with van der Waals surface area (Å²) < 4.78 is 0. The summed E-state index contributed by atoms with van der Waals surface area (Å²) in [6.07, 6.45) is 8.22. The van der Waals surface area contributed by atoms with Gasteiger partial charge in [0.05, 0.1) is 12.4 Å². The Kier molecular flexibility index (Phi) is 3.56. The summed E-state index contributed by atoms with van der Waals surface area (Å²) in [6, 6.07) is 0. The maximum absolute atomic E-state index is 11.1. The predicted molar refractivity (Wildman–Crippen MR) is 76.4 cm³/mol. The molecule has 1 saturated carbocycles. The summed E-state index contributed by atoms with van der Waals surface area (Å²) in [5, 5.41) is 3.31. The molecule has 2 heterocycles. The van der Waals surface area contributed by atoms with E-state index in [1.165, 1.54) is 51.5 Å². The van der Waals surface area contributed by atoms with E-state index in [-0.39, 0.29) is 5.69 Å². The maximum Gasteiger partial charge on any atom is 0.268 e. The summed E-state index contributed by atoms with van der Waals surface area (Å²) in [4.78, 5) is 21.8. The third-order valence-electron chi connectivity index (χ3n) is 4.25. The molecule has 0 aromatic carbocycles. The molecule has 0 bridgehead atoms. The second-order valence-corrected chi connectivity index (χ2v) is 5.99. The van der Waals surface area contributed by atoms with Crippen LogP contribution in [-0.2, 0) is 0 Å². The Morgan fingerprint density at radius 2 is 2.10 bits per heavy atom. The van der Waals surface area contributed by atoms with Crippen LogP contribution < -0.4 is 11.1 Å². The van der Waals surface area contributed by atoms with Gasteiger partial charge in [-0.2, -0.15) is 0 Å². The average Bonchev–Trinajstić information content (AvgIpc) is 3.01. The van der Waals surface area contributed by atoms with E-state index < -0.39 is 5.91 Å². The summed E-state index contributed by atoms with van der Waals surface area (Å²) in [5.74, 6) is 0.0911. The fraction of sp³-hybridized carbons (Fsp3) is 0.643. The maximum atomic E-state index is 11.1. The monoisotopic (exact) mass is 275 g/mol. The van der Waals surface area contributed by atoms with Gasteiger partial charge in [0.1, 0.15) is 11.5 Å². The van der Waals surface area contributed by atoms with Crippen molar-refractivity contribution in [2.45, 2.75) is 25.7 Å². The average molecular weight is 275 g/mol. The molecule has 2 fully saturated rings. The first-order valence-electron chi connectivity index (χ1n) is 7.25. The highest BCUT2D eigenvalue weighted by molar-refractivity contribution is 5.90. The van der Waals surface area contributed by atoms with Gasteiger partial charge in [-0.3, -0.25) is 9.78 Å². The van der Waals surface area contributed by atoms with Crippen LogP contribution in [0.3, 0.4) is 0 Å². The van der Waals surface area contributed by atoms with Crippen molar-refractivity contribution in [2.24, 2.45) is 11.1 Å². The lowest BCUT2D eigenvalue weighted by molar-refractivity contribution is 0.0995. The first-order chi connectivity index (χ1) is 9.67. The van der Waals surface area contributed by atoms with Gasteiger partial charge in [-0.05, 0) is 38.8 Å². The normalized spacial score (nSPS) is 20.8. The van der Waals surface area contributed by atoms with Crippen LogP contribution in [0.25, 0.3) is 0 Å². The molecule has 0 radical (unpaired) electrons. The highest BCUT2D eigenvalue weighted by atomic mass is 16.1. The molecule has 1 aliphatic carbocycles. The van der Waals surface area contributed by atoms with Crippen molar-refractivity contribution in [3.63, 3.8) is 0 Å². The van der Waals surface area contributed by atoms with Gasteiger partial charge in [-0.25, -0.2) is 4.98 Å². The summed E-state index contributed by atoms with van der Waals surface area (Å²) in [5.41, 5.74) is 5.80. The molecule has 1 aromatic rings. The van der Waals surface area contributed by atoms with Crippen molar-refractivity contribution in [3.05, 3.63) is 18.1 Å². The van der Waals surface area contributed by atoms with Crippen LogP contribution >= 0.6 is 0 Å². The van der Waals surface area contributed by atoms with Gasteiger partial charge in [0.2, 0.25) is 0 Å². The zero-order chi connectivity index (χ0) is 14.0. The van der Waals surface area contributed by atoms with E-state index in [0.717, 1.165) is 6.54 Å². The zero-order valence-corrected chi connectivity index (χ0v) is 11.6. The van der Waals surface area contributed by atoms with Crippen molar-refractivity contribution >= 4 is 11.7 Å². The lowest BCUT2D eigenvalue weighted by Gasteiger charge is -2.23.